The summed E-state index contributed by atoms with van der Waals surface area (Å²) in [5.41, 5.74) is 6.69. The Morgan fingerprint density at radius 2 is 1.92 bits per heavy atom. The summed E-state index contributed by atoms with van der Waals surface area (Å²) in [7, 11) is 1.60. The van der Waals surface area contributed by atoms with Gasteiger partial charge in [0.15, 0.2) is 0 Å². The number of hydrogen-bond donors (Lipinski definition) is 3. The molecule has 0 spiro atoms. The van der Waals surface area contributed by atoms with Gasteiger partial charge in [-0.1, -0.05) is 12.8 Å². The smallest absolute Gasteiger partial charge is 0.287 e. The molecule has 1 aliphatic carbocycles. The highest BCUT2D eigenvalue weighted by molar-refractivity contribution is 5.94. The summed E-state index contributed by atoms with van der Waals surface area (Å²) in [5, 5.41) is 6.82. The van der Waals surface area contributed by atoms with Gasteiger partial charge in [0.05, 0.1) is 12.8 Å². The standard InChI is InChI=1S/C18H22N4O3/c1-25-14-8-6-13(7-9-14)15-11-16(20-19-15)18(24)22-21-17(23)10-12-4-2-3-5-12/h6-9,11-12H,2-5,10H2,1H3,(H,19,20)(H,21,23)(H,22,24). The van der Waals surface area contributed by atoms with Gasteiger partial charge in [-0.2, -0.15) is 5.10 Å². The van der Waals surface area contributed by atoms with E-state index in [1.54, 1.807) is 13.2 Å². The number of aromatic amines is 1. The lowest BCUT2D eigenvalue weighted by Crippen LogP contribution is -2.42. The largest absolute Gasteiger partial charge is 0.497 e. The highest BCUT2D eigenvalue weighted by Gasteiger charge is 2.19. The van der Waals surface area contributed by atoms with Crippen molar-refractivity contribution in [2.75, 3.05) is 7.11 Å². The van der Waals surface area contributed by atoms with Crippen LogP contribution in [-0.2, 0) is 4.79 Å². The molecule has 1 heterocycles. The number of hydrogen-bond acceptors (Lipinski definition) is 4. The van der Waals surface area contributed by atoms with E-state index < -0.39 is 5.91 Å². The molecule has 7 nitrogen and oxygen atoms in total. The molecule has 0 aliphatic heterocycles. The minimum Gasteiger partial charge on any atom is -0.497 e. The average Bonchev–Trinajstić information content (AvgIpc) is 3.31. The van der Waals surface area contributed by atoms with Gasteiger partial charge in [0.25, 0.3) is 5.91 Å². The fourth-order valence-electron chi connectivity index (χ4n) is 3.07. The van der Waals surface area contributed by atoms with Crippen LogP contribution in [-0.4, -0.2) is 29.1 Å². The summed E-state index contributed by atoms with van der Waals surface area (Å²) in [5.74, 6) is 0.607. The zero-order valence-electron chi connectivity index (χ0n) is 14.2. The molecule has 1 aromatic heterocycles. The third-order valence-electron chi connectivity index (χ3n) is 4.47. The van der Waals surface area contributed by atoms with Gasteiger partial charge in [-0.3, -0.25) is 25.5 Å². The predicted octanol–water partition coefficient (Wildman–Crippen LogP) is 2.43. The van der Waals surface area contributed by atoms with Crippen LogP contribution in [0.15, 0.2) is 30.3 Å². The van der Waals surface area contributed by atoms with Crippen LogP contribution in [0.4, 0.5) is 0 Å². The Morgan fingerprint density at radius 3 is 2.60 bits per heavy atom. The summed E-state index contributed by atoms with van der Waals surface area (Å²) >= 11 is 0. The van der Waals surface area contributed by atoms with Crippen LogP contribution in [0.5, 0.6) is 5.75 Å². The number of nitrogens with one attached hydrogen (secondary N) is 3. The van der Waals surface area contributed by atoms with Crippen molar-refractivity contribution in [2.45, 2.75) is 32.1 Å². The number of carbonyl (C=O) groups is 2. The Morgan fingerprint density at radius 1 is 1.20 bits per heavy atom. The van der Waals surface area contributed by atoms with Crippen molar-refractivity contribution < 1.29 is 14.3 Å². The summed E-state index contributed by atoms with van der Waals surface area (Å²) < 4.78 is 5.12. The predicted molar refractivity (Wildman–Crippen MR) is 92.8 cm³/mol. The van der Waals surface area contributed by atoms with E-state index in [-0.39, 0.29) is 11.6 Å². The molecule has 1 aromatic carbocycles. The van der Waals surface area contributed by atoms with Gasteiger partial charge in [-0.05, 0) is 49.1 Å². The van der Waals surface area contributed by atoms with Gasteiger partial charge in [0, 0.05) is 12.0 Å². The van der Waals surface area contributed by atoms with Crippen molar-refractivity contribution in [3.63, 3.8) is 0 Å². The topological polar surface area (TPSA) is 96.1 Å². The lowest BCUT2D eigenvalue weighted by Gasteiger charge is -2.09. The maximum Gasteiger partial charge on any atom is 0.287 e. The summed E-state index contributed by atoms with van der Waals surface area (Å²) in [6.07, 6.45) is 5.01. The molecule has 1 saturated carbocycles. The quantitative estimate of drug-likeness (QED) is 0.727. The van der Waals surface area contributed by atoms with Gasteiger partial charge in [-0.25, -0.2) is 0 Å². The minimum atomic E-state index is -0.424. The molecule has 7 heteroatoms. The molecule has 3 N–H and O–H groups in total. The molecule has 2 aromatic rings. The molecule has 3 rings (SSSR count). The van der Waals surface area contributed by atoms with Crippen LogP contribution in [0.25, 0.3) is 11.3 Å². The highest BCUT2D eigenvalue weighted by Crippen LogP contribution is 2.27. The molecular formula is C18H22N4O3. The van der Waals surface area contributed by atoms with Crippen LogP contribution in [0.1, 0.15) is 42.6 Å². The van der Waals surface area contributed by atoms with Crippen molar-refractivity contribution in [2.24, 2.45) is 5.92 Å². The number of amides is 2. The molecule has 0 saturated heterocycles. The van der Waals surface area contributed by atoms with E-state index in [4.69, 9.17) is 4.74 Å². The van der Waals surface area contributed by atoms with Crippen LogP contribution < -0.4 is 15.6 Å². The number of H-pyrrole nitrogens is 1. The Balaban J connectivity index is 1.53. The molecule has 2 amide bonds. The first kappa shape index (κ1) is 17.0. The van der Waals surface area contributed by atoms with Gasteiger partial charge < -0.3 is 4.74 Å². The van der Waals surface area contributed by atoms with Gasteiger partial charge in [-0.15, -0.1) is 0 Å². The Kier molecular flexibility index (Phi) is 5.33. The Hall–Kier alpha value is -2.83. The normalized spacial score (nSPS) is 14.3. The van der Waals surface area contributed by atoms with E-state index in [0.29, 0.717) is 18.0 Å². The number of nitrogens with zero attached hydrogens (tertiary/aromatic N) is 1. The van der Waals surface area contributed by atoms with Crippen LogP contribution in [0, 0.1) is 5.92 Å². The molecule has 1 fully saturated rings. The average molecular weight is 342 g/mol. The second-order valence-electron chi connectivity index (χ2n) is 6.25. The zero-order chi connectivity index (χ0) is 17.6. The van der Waals surface area contributed by atoms with Crippen molar-refractivity contribution in [3.05, 3.63) is 36.0 Å². The second kappa shape index (κ2) is 7.83. The molecular weight excluding hydrogens is 320 g/mol. The lowest BCUT2D eigenvalue weighted by atomic mass is 10.0. The third kappa shape index (κ3) is 4.37. The highest BCUT2D eigenvalue weighted by atomic mass is 16.5. The number of carbonyl (C=O) groups excluding carboxylic acids is 2. The number of hydrazine groups is 1. The van der Waals surface area contributed by atoms with E-state index in [0.717, 1.165) is 24.2 Å². The van der Waals surface area contributed by atoms with Gasteiger partial charge in [0.1, 0.15) is 11.4 Å². The van der Waals surface area contributed by atoms with E-state index >= 15 is 0 Å². The molecule has 0 bridgehead atoms. The van der Waals surface area contributed by atoms with Crippen molar-refractivity contribution in [1.82, 2.24) is 21.0 Å². The van der Waals surface area contributed by atoms with E-state index in [2.05, 4.69) is 21.0 Å². The van der Waals surface area contributed by atoms with Crippen LogP contribution >= 0.6 is 0 Å². The minimum absolute atomic E-state index is 0.157. The molecule has 25 heavy (non-hydrogen) atoms. The summed E-state index contributed by atoms with van der Waals surface area (Å²) in [6.45, 7) is 0. The van der Waals surface area contributed by atoms with Crippen molar-refractivity contribution in [3.8, 4) is 17.0 Å². The fourth-order valence-corrected chi connectivity index (χ4v) is 3.07. The monoisotopic (exact) mass is 342 g/mol. The lowest BCUT2D eigenvalue weighted by molar-refractivity contribution is -0.122. The molecule has 132 valence electrons. The van der Waals surface area contributed by atoms with Crippen LogP contribution in [0.2, 0.25) is 0 Å². The first-order valence-corrected chi connectivity index (χ1v) is 8.44. The third-order valence-corrected chi connectivity index (χ3v) is 4.47. The first-order valence-electron chi connectivity index (χ1n) is 8.44. The first-order chi connectivity index (χ1) is 12.2. The second-order valence-corrected chi connectivity index (χ2v) is 6.25. The van der Waals surface area contributed by atoms with E-state index in [1.807, 2.05) is 24.3 Å². The maximum atomic E-state index is 12.1. The summed E-state index contributed by atoms with van der Waals surface area (Å²) in [4.78, 5) is 24.0. The van der Waals surface area contributed by atoms with E-state index in [1.165, 1.54) is 12.8 Å². The maximum absolute atomic E-state index is 12.1. The Bertz CT molecular complexity index is 733. The zero-order valence-corrected chi connectivity index (χ0v) is 14.2. The SMILES string of the molecule is COc1ccc(-c2cc(C(=O)NNC(=O)CC3CCCC3)[nH]n2)cc1. The fraction of sp³-hybridized carbons (Fsp3) is 0.389. The number of aromatic nitrogens is 2. The van der Waals surface area contributed by atoms with Crippen molar-refractivity contribution >= 4 is 11.8 Å². The van der Waals surface area contributed by atoms with Crippen LogP contribution in [0.3, 0.4) is 0 Å². The van der Waals surface area contributed by atoms with E-state index in [9.17, 15) is 9.59 Å². The van der Waals surface area contributed by atoms with Gasteiger partial charge >= 0.3 is 0 Å². The Labute approximate surface area is 146 Å². The molecule has 0 atom stereocenters. The molecule has 1 aliphatic rings. The van der Waals surface area contributed by atoms with Gasteiger partial charge in [0.2, 0.25) is 5.91 Å². The number of ether oxygens (including phenoxy) is 1. The number of rotatable bonds is 5. The number of methoxy groups -OCH3 is 1. The molecule has 0 unspecified atom stereocenters. The number of benzene rings is 1. The van der Waals surface area contributed by atoms with Crippen molar-refractivity contribution in [1.29, 1.82) is 0 Å². The summed E-state index contributed by atoms with van der Waals surface area (Å²) in [6, 6.07) is 9.01. The molecule has 0 radical (unpaired) electrons.